The molecule has 6 heteroatoms. The molecule has 154 valence electrons. The van der Waals surface area contributed by atoms with E-state index >= 15 is 0 Å². The average molecular weight is 403 g/mol. The monoisotopic (exact) mass is 403 g/mol. The van der Waals surface area contributed by atoms with Crippen LogP contribution in [-0.2, 0) is 4.79 Å². The predicted molar refractivity (Wildman–Crippen MR) is 117 cm³/mol. The smallest absolute Gasteiger partial charge is 0.274 e. The molecule has 1 amide bonds. The summed E-state index contributed by atoms with van der Waals surface area (Å²) >= 11 is 0. The van der Waals surface area contributed by atoms with E-state index in [1.54, 1.807) is 17.0 Å². The summed E-state index contributed by atoms with van der Waals surface area (Å²) in [7, 11) is 0. The quantitative estimate of drug-likeness (QED) is 0.595. The highest BCUT2D eigenvalue weighted by Crippen LogP contribution is 2.38. The highest BCUT2D eigenvalue weighted by Gasteiger charge is 2.36. The van der Waals surface area contributed by atoms with E-state index in [1.165, 1.54) is 0 Å². The number of hydrogen-bond acceptors (Lipinski definition) is 5. The predicted octanol–water partition coefficient (Wildman–Crippen LogP) is 4.30. The third-order valence-corrected chi connectivity index (χ3v) is 5.08. The van der Waals surface area contributed by atoms with Gasteiger partial charge in [0.1, 0.15) is 11.6 Å². The Balaban J connectivity index is 1.44. The number of fused-ring (bicyclic) bond motifs is 1. The molecule has 0 saturated carbocycles. The molecule has 1 aliphatic heterocycles. The topological polar surface area (TPSA) is 77.7 Å². The van der Waals surface area contributed by atoms with Gasteiger partial charge in [-0.05, 0) is 43.5 Å². The van der Waals surface area contributed by atoms with E-state index in [-0.39, 0.29) is 5.91 Å². The third-order valence-electron chi connectivity index (χ3n) is 5.08. The molecule has 1 unspecified atom stereocenters. The van der Waals surface area contributed by atoms with Gasteiger partial charge >= 0.3 is 0 Å². The van der Waals surface area contributed by atoms with Crippen LogP contribution >= 0.6 is 0 Å². The highest BCUT2D eigenvalue weighted by molar-refractivity contribution is 5.99. The second-order valence-corrected chi connectivity index (χ2v) is 7.28. The lowest BCUT2D eigenvalue weighted by Crippen LogP contribution is -2.42. The van der Waals surface area contributed by atoms with E-state index < -0.39 is 6.10 Å². The summed E-state index contributed by atoms with van der Waals surface area (Å²) < 4.78 is 11.8. The third kappa shape index (κ3) is 4.22. The Morgan fingerprint density at radius 3 is 2.60 bits per heavy atom. The maximum atomic E-state index is 13.2. The lowest BCUT2D eigenvalue weighted by molar-refractivity contribution is -0.126. The number of carbonyl (C=O) groups excluding carboxylic acids is 1. The summed E-state index contributed by atoms with van der Waals surface area (Å²) in [4.78, 5) is 19.3. The second-order valence-electron chi connectivity index (χ2n) is 7.28. The van der Waals surface area contributed by atoms with Gasteiger partial charge < -0.3 is 15.2 Å². The SMILES string of the molecule is Cc1ccccc1OCCCCN1C(=O)C(c2ccccc2)Oc2ccc(N)nc21. The van der Waals surface area contributed by atoms with Gasteiger partial charge in [0, 0.05) is 12.1 Å². The number of nitrogens with two attached hydrogens (primary N) is 1. The Kier molecular flexibility index (Phi) is 5.84. The lowest BCUT2D eigenvalue weighted by atomic mass is 10.1. The molecule has 4 rings (SSSR count). The Hall–Kier alpha value is -3.54. The second kappa shape index (κ2) is 8.86. The Labute approximate surface area is 176 Å². The van der Waals surface area contributed by atoms with Crippen molar-refractivity contribution in [2.75, 3.05) is 23.8 Å². The lowest BCUT2D eigenvalue weighted by Gasteiger charge is -2.33. The molecular formula is C24H25N3O3. The fourth-order valence-electron chi connectivity index (χ4n) is 3.49. The molecule has 6 nitrogen and oxygen atoms in total. The zero-order valence-electron chi connectivity index (χ0n) is 17.0. The van der Waals surface area contributed by atoms with E-state index in [4.69, 9.17) is 15.2 Å². The molecule has 0 aliphatic carbocycles. The van der Waals surface area contributed by atoms with E-state index in [0.29, 0.717) is 30.5 Å². The summed E-state index contributed by atoms with van der Waals surface area (Å²) in [5.41, 5.74) is 7.79. The number of benzene rings is 2. The largest absolute Gasteiger partial charge is 0.493 e. The van der Waals surface area contributed by atoms with E-state index in [1.807, 2.05) is 61.5 Å². The minimum Gasteiger partial charge on any atom is -0.493 e. The number of amides is 1. The van der Waals surface area contributed by atoms with Crippen LogP contribution in [0.25, 0.3) is 0 Å². The molecule has 1 aromatic heterocycles. The van der Waals surface area contributed by atoms with Gasteiger partial charge in [0.25, 0.3) is 5.91 Å². The van der Waals surface area contributed by atoms with Crippen molar-refractivity contribution in [1.82, 2.24) is 4.98 Å². The number of ether oxygens (including phenoxy) is 2. The van der Waals surface area contributed by atoms with Gasteiger partial charge in [-0.15, -0.1) is 0 Å². The molecule has 1 atom stereocenters. The van der Waals surface area contributed by atoms with Crippen molar-refractivity contribution in [2.45, 2.75) is 25.9 Å². The van der Waals surface area contributed by atoms with Gasteiger partial charge in [0.15, 0.2) is 11.6 Å². The van der Waals surface area contributed by atoms with Crippen molar-refractivity contribution in [1.29, 1.82) is 0 Å². The maximum absolute atomic E-state index is 13.2. The van der Waals surface area contributed by atoms with E-state index in [9.17, 15) is 4.79 Å². The number of rotatable bonds is 7. The fourth-order valence-corrected chi connectivity index (χ4v) is 3.49. The number of hydrogen-bond donors (Lipinski definition) is 1. The number of unbranched alkanes of at least 4 members (excludes halogenated alkanes) is 1. The fraction of sp³-hybridized carbons (Fsp3) is 0.250. The maximum Gasteiger partial charge on any atom is 0.274 e. The molecular weight excluding hydrogens is 378 g/mol. The van der Waals surface area contributed by atoms with Crippen molar-refractivity contribution < 1.29 is 14.3 Å². The van der Waals surface area contributed by atoms with Gasteiger partial charge in [-0.3, -0.25) is 9.69 Å². The number of nitrogen functional groups attached to an aromatic ring is 1. The molecule has 0 bridgehead atoms. The molecule has 0 saturated heterocycles. The van der Waals surface area contributed by atoms with Crippen LogP contribution in [0, 0.1) is 6.92 Å². The Morgan fingerprint density at radius 1 is 1.03 bits per heavy atom. The normalized spacial score (nSPS) is 15.4. The number of aryl methyl sites for hydroxylation is 1. The number of nitrogens with zero attached hydrogens (tertiary/aromatic N) is 2. The highest BCUT2D eigenvalue weighted by atomic mass is 16.5. The van der Waals surface area contributed by atoms with Gasteiger partial charge in [-0.1, -0.05) is 48.5 Å². The number of para-hydroxylation sites is 1. The number of anilines is 2. The summed E-state index contributed by atoms with van der Waals surface area (Å²) in [5.74, 6) is 2.16. The molecule has 0 radical (unpaired) electrons. The van der Waals surface area contributed by atoms with Crippen LogP contribution < -0.4 is 20.1 Å². The molecule has 2 N–H and O–H groups in total. The molecule has 2 heterocycles. The van der Waals surface area contributed by atoms with Crippen molar-refractivity contribution in [3.05, 3.63) is 77.9 Å². The van der Waals surface area contributed by atoms with Crippen LogP contribution in [0.2, 0.25) is 0 Å². The van der Waals surface area contributed by atoms with Crippen molar-refractivity contribution in [2.24, 2.45) is 0 Å². The average Bonchev–Trinajstić information content (AvgIpc) is 2.76. The van der Waals surface area contributed by atoms with Gasteiger partial charge in [0.2, 0.25) is 6.10 Å². The molecule has 0 fully saturated rings. The zero-order valence-corrected chi connectivity index (χ0v) is 17.0. The molecule has 1 aliphatic rings. The summed E-state index contributed by atoms with van der Waals surface area (Å²) in [5, 5.41) is 0. The van der Waals surface area contributed by atoms with Gasteiger partial charge in [-0.2, -0.15) is 0 Å². The van der Waals surface area contributed by atoms with Crippen molar-refractivity contribution >= 4 is 17.5 Å². The minimum atomic E-state index is -0.688. The number of aromatic nitrogens is 1. The first-order valence-corrected chi connectivity index (χ1v) is 10.1. The molecule has 2 aromatic carbocycles. The van der Waals surface area contributed by atoms with Crippen LogP contribution in [0.5, 0.6) is 11.5 Å². The van der Waals surface area contributed by atoms with Crippen LogP contribution in [-0.4, -0.2) is 24.0 Å². The summed E-state index contributed by atoms with van der Waals surface area (Å²) in [6.07, 6.45) is 0.897. The molecule has 0 spiro atoms. The van der Waals surface area contributed by atoms with E-state index in [0.717, 1.165) is 29.7 Å². The first kappa shape index (κ1) is 19.8. The Bertz CT molecular complexity index is 1020. The summed E-state index contributed by atoms with van der Waals surface area (Å²) in [6, 6.07) is 20.9. The van der Waals surface area contributed by atoms with Gasteiger partial charge in [-0.25, -0.2) is 4.98 Å². The zero-order chi connectivity index (χ0) is 20.9. The Morgan fingerprint density at radius 2 is 1.80 bits per heavy atom. The minimum absolute atomic E-state index is 0.133. The van der Waals surface area contributed by atoms with E-state index in [2.05, 4.69) is 4.98 Å². The van der Waals surface area contributed by atoms with Crippen molar-refractivity contribution in [3.63, 3.8) is 0 Å². The number of pyridine rings is 1. The summed E-state index contributed by atoms with van der Waals surface area (Å²) in [6.45, 7) is 3.13. The standard InChI is InChI=1S/C24H25N3O3/c1-17-9-5-6-12-19(17)29-16-8-7-15-27-23-20(13-14-21(25)26-23)30-22(24(27)28)18-10-3-2-4-11-18/h2-6,9-14,22H,7-8,15-16H2,1H3,(H2,25,26). The number of carbonyl (C=O) groups is 1. The first-order chi connectivity index (χ1) is 14.6. The van der Waals surface area contributed by atoms with Crippen LogP contribution in [0.1, 0.15) is 30.1 Å². The molecule has 3 aromatic rings. The van der Waals surface area contributed by atoms with Crippen LogP contribution in [0.4, 0.5) is 11.6 Å². The van der Waals surface area contributed by atoms with Gasteiger partial charge in [0.05, 0.1) is 6.61 Å². The first-order valence-electron chi connectivity index (χ1n) is 10.1. The molecule has 30 heavy (non-hydrogen) atoms. The van der Waals surface area contributed by atoms with Crippen molar-refractivity contribution in [3.8, 4) is 11.5 Å². The van der Waals surface area contributed by atoms with Crippen LogP contribution in [0.15, 0.2) is 66.7 Å². The van der Waals surface area contributed by atoms with Crippen LogP contribution in [0.3, 0.4) is 0 Å².